The molecule has 4 rings (SSSR count). The minimum atomic E-state index is -0.958. The van der Waals surface area contributed by atoms with Crippen molar-refractivity contribution in [2.45, 2.75) is 19.6 Å². The van der Waals surface area contributed by atoms with E-state index < -0.39 is 17.4 Å². The molecule has 2 aromatic carbocycles. The summed E-state index contributed by atoms with van der Waals surface area (Å²) in [5, 5.41) is 14.8. The zero-order valence-corrected chi connectivity index (χ0v) is 18.2. The lowest BCUT2D eigenvalue weighted by atomic mass is 10.2. The molecule has 0 unspecified atom stereocenters. The zero-order valence-electron chi connectivity index (χ0n) is 18.2. The van der Waals surface area contributed by atoms with E-state index in [4.69, 9.17) is 4.74 Å². The molecule has 1 atom stereocenters. The van der Waals surface area contributed by atoms with Gasteiger partial charge in [0.1, 0.15) is 18.5 Å². The van der Waals surface area contributed by atoms with Crippen LogP contribution in [0.1, 0.15) is 11.1 Å². The fourth-order valence-electron chi connectivity index (χ4n) is 3.29. The van der Waals surface area contributed by atoms with E-state index in [2.05, 4.69) is 20.5 Å². The van der Waals surface area contributed by atoms with Crippen molar-refractivity contribution >= 4 is 23.3 Å². The van der Waals surface area contributed by atoms with Gasteiger partial charge < -0.3 is 14.4 Å². The maximum Gasteiger partial charge on any atom is 0.329 e. The van der Waals surface area contributed by atoms with Crippen LogP contribution in [-0.2, 0) is 13.6 Å². The molecular formula is C23H24N6O4. The lowest BCUT2D eigenvalue weighted by Gasteiger charge is -2.15. The number of aryl methyl sites for hydroxylation is 2. The molecule has 2 aromatic heterocycles. The number of fused-ring (bicyclic) bond motifs is 1. The molecule has 0 amide bonds. The highest BCUT2D eigenvalue weighted by atomic mass is 16.5. The van der Waals surface area contributed by atoms with Gasteiger partial charge in [-0.2, -0.15) is 10.1 Å². The summed E-state index contributed by atoms with van der Waals surface area (Å²) in [5.74, 6) is 0.826. The summed E-state index contributed by atoms with van der Waals surface area (Å²) in [6.45, 7) is 1.99. The molecule has 33 heavy (non-hydrogen) atoms. The van der Waals surface area contributed by atoms with Gasteiger partial charge in [-0.1, -0.05) is 48.0 Å². The van der Waals surface area contributed by atoms with Crippen LogP contribution in [0.5, 0.6) is 5.75 Å². The van der Waals surface area contributed by atoms with E-state index >= 15 is 0 Å². The largest absolute Gasteiger partial charge is 0.491 e. The number of nitrogens with one attached hydrogen (secondary N) is 2. The number of ether oxygens (including phenoxy) is 1. The van der Waals surface area contributed by atoms with Crippen molar-refractivity contribution in [1.29, 1.82) is 0 Å². The number of rotatable bonds is 8. The van der Waals surface area contributed by atoms with E-state index in [-0.39, 0.29) is 30.3 Å². The van der Waals surface area contributed by atoms with Crippen molar-refractivity contribution in [3.8, 4) is 5.75 Å². The summed E-state index contributed by atoms with van der Waals surface area (Å²) in [6.07, 6.45) is 0.655. The number of aromatic amines is 1. The number of aliphatic hydroxyl groups is 1. The standard InChI is InChI=1S/C23H24N6O4/c1-15-8-10-16(11-9-15)12-24-27-22-25-20-19(21(31)26-23(32)28(20)2)29(22)13-17(30)14-33-18-6-4-3-5-7-18/h3-12,17,30H,13-14H2,1-2H3,(H,25,27)(H,26,31,32)/b24-12-/t17-/m0/s1. The molecule has 2 heterocycles. The Morgan fingerprint density at radius 2 is 1.91 bits per heavy atom. The number of hydrazone groups is 1. The normalized spacial score (nSPS) is 12.3. The summed E-state index contributed by atoms with van der Waals surface area (Å²) in [6, 6.07) is 16.9. The van der Waals surface area contributed by atoms with Gasteiger partial charge in [0, 0.05) is 7.05 Å². The number of H-pyrrole nitrogens is 1. The van der Waals surface area contributed by atoms with Gasteiger partial charge in [0.2, 0.25) is 5.95 Å². The van der Waals surface area contributed by atoms with Gasteiger partial charge in [0.05, 0.1) is 12.8 Å². The van der Waals surface area contributed by atoms with Crippen molar-refractivity contribution in [3.63, 3.8) is 0 Å². The summed E-state index contributed by atoms with van der Waals surface area (Å²) in [4.78, 5) is 31.2. The molecule has 0 spiro atoms. The number of aliphatic hydroxyl groups excluding tert-OH is 1. The molecule has 4 aromatic rings. The van der Waals surface area contributed by atoms with Gasteiger partial charge >= 0.3 is 5.69 Å². The van der Waals surface area contributed by atoms with Crippen molar-refractivity contribution in [2.75, 3.05) is 12.0 Å². The van der Waals surface area contributed by atoms with E-state index in [0.717, 1.165) is 11.1 Å². The van der Waals surface area contributed by atoms with Gasteiger partial charge in [-0.3, -0.25) is 14.3 Å². The highest BCUT2D eigenvalue weighted by Gasteiger charge is 2.19. The molecule has 0 bridgehead atoms. The number of aromatic nitrogens is 4. The molecule has 0 aliphatic carbocycles. The van der Waals surface area contributed by atoms with Crippen molar-refractivity contribution in [3.05, 3.63) is 86.6 Å². The predicted molar refractivity (Wildman–Crippen MR) is 126 cm³/mol. The van der Waals surface area contributed by atoms with Crippen molar-refractivity contribution < 1.29 is 9.84 Å². The Balaban J connectivity index is 1.62. The summed E-state index contributed by atoms with van der Waals surface area (Å²) in [5.41, 5.74) is 3.95. The second-order valence-corrected chi connectivity index (χ2v) is 7.60. The Morgan fingerprint density at radius 3 is 2.64 bits per heavy atom. The minimum Gasteiger partial charge on any atom is -0.491 e. The molecular weight excluding hydrogens is 424 g/mol. The van der Waals surface area contributed by atoms with Crippen molar-refractivity contribution in [1.82, 2.24) is 19.1 Å². The lowest BCUT2D eigenvalue weighted by molar-refractivity contribution is 0.0938. The van der Waals surface area contributed by atoms with Crippen LogP contribution in [0.2, 0.25) is 0 Å². The minimum absolute atomic E-state index is 0.000566. The maximum absolute atomic E-state index is 12.6. The summed E-state index contributed by atoms with van der Waals surface area (Å²) in [7, 11) is 1.51. The second kappa shape index (κ2) is 9.53. The third kappa shape index (κ3) is 5.01. The molecule has 0 aliphatic heterocycles. The Morgan fingerprint density at radius 1 is 1.18 bits per heavy atom. The number of para-hydroxylation sites is 1. The first-order valence-electron chi connectivity index (χ1n) is 10.3. The van der Waals surface area contributed by atoms with Gasteiger partial charge in [0.15, 0.2) is 11.2 Å². The van der Waals surface area contributed by atoms with Crippen LogP contribution in [0, 0.1) is 6.92 Å². The third-order valence-electron chi connectivity index (χ3n) is 5.04. The molecule has 0 saturated carbocycles. The molecule has 10 heteroatoms. The van der Waals surface area contributed by atoms with E-state index in [1.54, 1.807) is 18.3 Å². The summed E-state index contributed by atoms with van der Waals surface area (Å²) >= 11 is 0. The molecule has 0 aliphatic rings. The smallest absolute Gasteiger partial charge is 0.329 e. The van der Waals surface area contributed by atoms with Crippen LogP contribution >= 0.6 is 0 Å². The average molecular weight is 448 g/mol. The van der Waals surface area contributed by atoms with Crippen LogP contribution in [0.25, 0.3) is 11.2 Å². The third-order valence-corrected chi connectivity index (χ3v) is 5.04. The first kappa shape index (κ1) is 22.0. The first-order chi connectivity index (χ1) is 15.9. The summed E-state index contributed by atoms with van der Waals surface area (Å²) < 4.78 is 8.33. The van der Waals surface area contributed by atoms with E-state index in [9.17, 15) is 14.7 Å². The average Bonchev–Trinajstić information content (AvgIpc) is 3.17. The highest BCUT2D eigenvalue weighted by Crippen LogP contribution is 2.17. The highest BCUT2D eigenvalue weighted by molar-refractivity contribution is 5.80. The van der Waals surface area contributed by atoms with Gasteiger partial charge in [-0.05, 0) is 24.6 Å². The number of imidazole rings is 1. The zero-order chi connectivity index (χ0) is 23.4. The van der Waals surface area contributed by atoms with Gasteiger partial charge in [-0.15, -0.1) is 0 Å². The molecule has 3 N–H and O–H groups in total. The first-order valence-corrected chi connectivity index (χ1v) is 10.3. The Hall–Kier alpha value is -4.18. The van der Waals surface area contributed by atoms with E-state index in [1.807, 2.05) is 49.4 Å². The van der Waals surface area contributed by atoms with Crippen LogP contribution in [0.3, 0.4) is 0 Å². The van der Waals surface area contributed by atoms with Crippen LogP contribution in [0.15, 0.2) is 69.3 Å². The molecule has 10 nitrogen and oxygen atoms in total. The quantitative estimate of drug-likeness (QED) is 0.278. The predicted octanol–water partition coefficient (Wildman–Crippen LogP) is 1.62. The number of hydrogen-bond acceptors (Lipinski definition) is 7. The molecule has 170 valence electrons. The number of benzene rings is 2. The number of anilines is 1. The maximum atomic E-state index is 12.6. The Labute approximate surface area is 188 Å². The molecule has 0 fully saturated rings. The lowest BCUT2D eigenvalue weighted by Crippen LogP contribution is -2.30. The molecule has 0 radical (unpaired) electrons. The fraction of sp³-hybridized carbons (Fsp3) is 0.217. The van der Waals surface area contributed by atoms with Gasteiger partial charge in [0.25, 0.3) is 5.56 Å². The SMILES string of the molecule is Cc1ccc(/C=N\Nc2nc3c(c(=O)[nH]c(=O)n3C)n2C[C@H](O)COc2ccccc2)cc1. The fourth-order valence-corrected chi connectivity index (χ4v) is 3.29. The van der Waals surface area contributed by atoms with E-state index in [0.29, 0.717) is 5.75 Å². The van der Waals surface area contributed by atoms with Crippen LogP contribution < -0.4 is 21.4 Å². The molecule has 0 saturated heterocycles. The number of hydrogen-bond donors (Lipinski definition) is 3. The number of nitrogens with zero attached hydrogens (tertiary/aromatic N) is 4. The van der Waals surface area contributed by atoms with Crippen molar-refractivity contribution in [2.24, 2.45) is 12.1 Å². The Bertz CT molecular complexity index is 1390. The Kier molecular flexibility index (Phi) is 6.36. The van der Waals surface area contributed by atoms with Gasteiger partial charge in [-0.25, -0.2) is 10.2 Å². The second-order valence-electron chi connectivity index (χ2n) is 7.60. The topological polar surface area (TPSA) is 127 Å². The van der Waals surface area contributed by atoms with Crippen LogP contribution in [0.4, 0.5) is 5.95 Å². The van der Waals surface area contributed by atoms with E-state index in [1.165, 1.54) is 16.2 Å². The van der Waals surface area contributed by atoms with Crippen LogP contribution in [-0.4, -0.2) is 43.1 Å². The monoisotopic (exact) mass is 448 g/mol.